The van der Waals surface area contributed by atoms with Crippen molar-refractivity contribution in [1.29, 1.82) is 0 Å². The number of esters is 1. The van der Waals surface area contributed by atoms with Crippen LogP contribution in [0.5, 0.6) is 17.2 Å². The molecule has 0 saturated carbocycles. The molecule has 4 heterocycles. The molecule has 1 unspecified atom stereocenters. The van der Waals surface area contributed by atoms with Crippen LogP contribution < -0.4 is 20.2 Å². The van der Waals surface area contributed by atoms with Crippen molar-refractivity contribution in [3.8, 4) is 28.7 Å². The molecule has 1 saturated heterocycles. The van der Waals surface area contributed by atoms with Gasteiger partial charge in [-0.05, 0) is 58.5 Å². The largest absolute Gasteiger partial charge is 0.507 e. The lowest BCUT2D eigenvalue weighted by atomic mass is 9.78. The topological polar surface area (TPSA) is 216 Å². The molecule has 2 aromatic carbocycles. The molecule has 1 aliphatic carbocycles. The maximum absolute atomic E-state index is 14.8. The van der Waals surface area contributed by atoms with Gasteiger partial charge in [0.25, 0.3) is 11.7 Å². The average Bonchev–Trinajstić information content (AvgIpc) is 3.55. The summed E-state index contributed by atoms with van der Waals surface area (Å²) >= 11 is 0. The van der Waals surface area contributed by atoms with Crippen LogP contribution in [0.2, 0.25) is 0 Å². The molecule has 4 N–H and O–H groups in total. The van der Waals surface area contributed by atoms with Gasteiger partial charge in [0.15, 0.2) is 11.3 Å². The van der Waals surface area contributed by atoms with Gasteiger partial charge in [-0.25, -0.2) is 4.98 Å². The molecule has 354 valence electrons. The van der Waals surface area contributed by atoms with Crippen molar-refractivity contribution < 1.29 is 57.8 Å². The number of ketones is 1. The Hall–Kier alpha value is -5.81. The van der Waals surface area contributed by atoms with Crippen LogP contribution in [0.4, 0.5) is 5.69 Å². The lowest BCUT2D eigenvalue weighted by molar-refractivity contribution is -0.160. The van der Waals surface area contributed by atoms with Crippen molar-refractivity contribution in [3.05, 3.63) is 75.7 Å². The number of likely N-dealkylation sites (tertiary alicyclic amines) is 1. The summed E-state index contributed by atoms with van der Waals surface area (Å²) in [6.07, 6.45) is 5.74. The number of anilines is 1. The summed E-state index contributed by atoms with van der Waals surface area (Å²) in [7, 11) is 3.53. The van der Waals surface area contributed by atoms with Crippen molar-refractivity contribution in [3.63, 3.8) is 0 Å². The number of carbonyl (C=O) groups is 3. The number of aliphatic hydroxyl groups is 2. The van der Waals surface area contributed by atoms with Crippen LogP contribution in [0.25, 0.3) is 33.3 Å². The molecule has 7 rings (SSSR count). The Labute approximate surface area is 383 Å². The number of fused-ring (bicyclic) bond motifs is 2. The van der Waals surface area contributed by atoms with E-state index in [2.05, 4.69) is 17.3 Å². The van der Waals surface area contributed by atoms with E-state index >= 15 is 0 Å². The number of aromatic hydroxyl groups is 1. The minimum absolute atomic E-state index is 0.0105. The average molecular weight is 912 g/mol. The smallest absolute Gasteiger partial charge is 0.312 e. The molecule has 4 aliphatic heterocycles. The van der Waals surface area contributed by atoms with E-state index in [0.717, 1.165) is 25.9 Å². The predicted molar refractivity (Wildman–Crippen MR) is 247 cm³/mol. The number of hydrogen-bond donors (Lipinski definition) is 4. The molecular weight excluding hydrogens is 851 g/mol. The fourth-order valence-electron chi connectivity index (χ4n) is 9.50. The molecule has 4 bridgehead atoms. The van der Waals surface area contributed by atoms with Gasteiger partial charge >= 0.3 is 11.8 Å². The van der Waals surface area contributed by atoms with E-state index in [4.69, 9.17) is 33.1 Å². The number of carbonyl (C=O) groups excluding carboxylic acids is 3. The molecule has 1 amide bonds. The number of benzene rings is 3. The first-order valence-electron chi connectivity index (χ1n) is 22.5. The van der Waals surface area contributed by atoms with Crippen molar-refractivity contribution in [1.82, 2.24) is 9.88 Å². The van der Waals surface area contributed by atoms with E-state index in [1.807, 2.05) is 0 Å². The molecule has 10 atom stereocenters. The third-order valence-electron chi connectivity index (χ3n) is 13.5. The summed E-state index contributed by atoms with van der Waals surface area (Å²) in [5, 5.41) is 37.2. The Kier molecular flexibility index (Phi) is 14.0. The molecule has 0 aromatic heterocycles. The number of piperidine rings is 1. The molecule has 16 heteroatoms. The van der Waals surface area contributed by atoms with Gasteiger partial charge in [-0.2, -0.15) is 0 Å². The highest BCUT2D eigenvalue weighted by Gasteiger charge is 2.50. The molecule has 66 heavy (non-hydrogen) atoms. The zero-order chi connectivity index (χ0) is 47.9. The van der Waals surface area contributed by atoms with Gasteiger partial charge in [0.1, 0.15) is 40.3 Å². The number of nitrogens with zero attached hydrogens (tertiary/aromatic N) is 2. The highest BCUT2D eigenvalue weighted by atomic mass is 16.7. The van der Waals surface area contributed by atoms with Crippen molar-refractivity contribution in [2.24, 2.45) is 29.6 Å². The Morgan fingerprint density at radius 3 is 2.47 bits per heavy atom. The van der Waals surface area contributed by atoms with Crippen LogP contribution in [-0.2, 0) is 23.8 Å². The zero-order valence-electron chi connectivity index (χ0n) is 39.2. The number of phenols is 1. The number of phenolic OH excluding ortho intramolecular Hbond substituents is 1. The number of methoxy groups -OCH3 is 1. The first kappa shape index (κ1) is 48.1. The lowest BCUT2D eigenvalue weighted by Gasteiger charge is -2.38. The fourth-order valence-corrected chi connectivity index (χ4v) is 9.50. The van der Waals surface area contributed by atoms with Crippen LogP contribution in [0.3, 0.4) is 0 Å². The van der Waals surface area contributed by atoms with E-state index in [9.17, 15) is 34.5 Å². The van der Waals surface area contributed by atoms with Crippen molar-refractivity contribution in [2.75, 3.05) is 39.2 Å². The van der Waals surface area contributed by atoms with Crippen LogP contribution in [0.15, 0.2) is 63.6 Å². The monoisotopic (exact) mass is 911 g/mol. The molecule has 1 fully saturated rings. The predicted octanol–water partition coefficient (Wildman–Crippen LogP) is 6.67. The van der Waals surface area contributed by atoms with Crippen LogP contribution in [0, 0.1) is 36.5 Å². The molecule has 0 radical (unpaired) electrons. The van der Waals surface area contributed by atoms with Gasteiger partial charge in [0.2, 0.25) is 5.43 Å². The minimum Gasteiger partial charge on any atom is -0.507 e. The van der Waals surface area contributed by atoms with Gasteiger partial charge in [-0.3, -0.25) is 19.2 Å². The quantitative estimate of drug-likeness (QED) is 0.0935. The van der Waals surface area contributed by atoms with E-state index in [1.165, 1.54) is 53.2 Å². The normalized spacial score (nSPS) is 31.0. The number of nitrogens with one attached hydrogen (secondary N) is 1. The highest BCUT2D eigenvalue weighted by Crippen LogP contribution is 2.50. The number of Topliss-reactive ketones (excluding diaryl/α,β-unsaturated/α-hetero) is 1. The number of ether oxygens (including phenoxy) is 5. The number of aromatic nitrogens is 1. The number of hydrogen-bond acceptors (Lipinski definition) is 15. The number of allylic oxidation sites excluding steroid dienone is 2. The van der Waals surface area contributed by atoms with Gasteiger partial charge in [-0.1, -0.05) is 45.9 Å². The van der Waals surface area contributed by atoms with E-state index in [-0.39, 0.29) is 55.9 Å². The first-order chi connectivity index (χ1) is 31.3. The number of aliphatic hydroxyl groups excluding tert-OH is 2. The summed E-state index contributed by atoms with van der Waals surface area (Å²) in [4.78, 5) is 63.2. The summed E-state index contributed by atoms with van der Waals surface area (Å²) in [5.74, 6) is -6.38. The zero-order valence-corrected chi connectivity index (χ0v) is 39.2. The third kappa shape index (κ3) is 9.15. The second-order valence-corrected chi connectivity index (χ2v) is 18.4. The van der Waals surface area contributed by atoms with Gasteiger partial charge in [0.05, 0.1) is 42.1 Å². The molecule has 16 nitrogen and oxygen atoms in total. The number of rotatable bonds is 5. The molecule has 5 aliphatic rings. The SMILES string of the molecule is CO[C@H]1/C=C/O[C@@]2(C)Oc3c(C)c(O)c4c(=O)c(c5oc6cc(OCC7CCCN(C)C7)ccc6nc-5c4c3C2=O)NC(=O)/C(C)=C\C=C\[C@H](C)[C@H](O)[C@@H](C)[C@@H](O)[C@@H](C)[C@H](OC(C)=O)[C@@H]1C. The van der Waals surface area contributed by atoms with Crippen LogP contribution in [0.1, 0.15) is 77.2 Å². The lowest BCUT2D eigenvalue weighted by Crippen LogP contribution is -2.46. The fraction of sp³-hybridized carbons (Fsp3) is 0.500. The summed E-state index contributed by atoms with van der Waals surface area (Å²) in [5.41, 5.74) is -0.474. The maximum Gasteiger partial charge on any atom is 0.312 e. The van der Waals surface area contributed by atoms with Crippen molar-refractivity contribution >= 4 is 45.2 Å². The summed E-state index contributed by atoms with van der Waals surface area (Å²) in [6.45, 7) is 15.1. The van der Waals surface area contributed by atoms with Crippen LogP contribution in [-0.4, -0.2) is 107 Å². The van der Waals surface area contributed by atoms with Crippen molar-refractivity contribution in [2.45, 2.75) is 98.4 Å². The third-order valence-corrected chi connectivity index (χ3v) is 13.5. The Morgan fingerprint density at radius 2 is 1.77 bits per heavy atom. The second-order valence-electron chi connectivity index (χ2n) is 18.4. The summed E-state index contributed by atoms with van der Waals surface area (Å²) in [6, 6.07) is 5.10. The van der Waals surface area contributed by atoms with Gasteiger partial charge < -0.3 is 53.6 Å². The van der Waals surface area contributed by atoms with Gasteiger partial charge in [0, 0.05) is 79.7 Å². The second kappa shape index (κ2) is 19.2. The van der Waals surface area contributed by atoms with E-state index in [1.54, 1.807) is 58.0 Å². The van der Waals surface area contributed by atoms with Gasteiger partial charge in [-0.15, -0.1) is 0 Å². The Morgan fingerprint density at radius 1 is 1.03 bits per heavy atom. The molecule has 0 spiro atoms. The standard InChI is InChI=1S/C50H61N3O13/c1-24-13-11-14-25(2)49(60)52-40-44(58)37-36(39-47(40)65-35-21-32(16-17-33(35)51-39)62-23-31-15-12-19-53(9)22-31)38-46(29(6)43(37)57)66-50(8,48(38)59)63-20-18-34(61-10)26(3)45(64-30(7)54)28(5)42(56)27(4)41(24)55/h11,13-14,16-18,20-21,24,26-28,31,34,41-42,45,55-57H,12,15,19,22-23H2,1-10H3,(H,52,60)/b13-11+,20-18+,25-14-/t24-,26+,27+,28+,31?,34-,41-,42+,45+,50-/m0/s1. The highest BCUT2D eigenvalue weighted by molar-refractivity contribution is 6.22. The Balaban J connectivity index is 1.40. The number of amides is 1. The molecular formula is C50H61N3O13. The minimum atomic E-state index is -2.04. The van der Waals surface area contributed by atoms with Crippen LogP contribution >= 0.6 is 0 Å². The summed E-state index contributed by atoms with van der Waals surface area (Å²) < 4.78 is 36.6. The molecule has 2 aromatic rings. The maximum atomic E-state index is 14.8. The Bertz CT molecular complexity index is 2650. The van der Waals surface area contributed by atoms with E-state index in [0.29, 0.717) is 23.8 Å². The first-order valence-corrected chi connectivity index (χ1v) is 22.5. The van der Waals surface area contributed by atoms with E-state index < -0.39 is 82.7 Å².